The van der Waals surface area contributed by atoms with Crippen LogP contribution in [-0.2, 0) is 4.79 Å². The van der Waals surface area contributed by atoms with Crippen molar-refractivity contribution in [2.45, 2.75) is 43.4 Å². The molecule has 1 aromatic carbocycles. The molecular formula is C16H20FN3OS. The highest BCUT2D eigenvalue weighted by Gasteiger charge is 2.18. The number of aromatic nitrogens is 2. The van der Waals surface area contributed by atoms with Crippen LogP contribution in [0.15, 0.2) is 41.4 Å². The summed E-state index contributed by atoms with van der Waals surface area (Å²) in [7, 11) is 0. The molecule has 22 heavy (non-hydrogen) atoms. The van der Waals surface area contributed by atoms with E-state index in [0.717, 1.165) is 6.42 Å². The van der Waals surface area contributed by atoms with Crippen LogP contribution in [0, 0.1) is 5.82 Å². The van der Waals surface area contributed by atoms with Crippen molar-refractivity contribution in [3.8, 4) is 0 Å². The number of thioether (sulfide) groups is 1. The Morgan fingerprint density at radius 3 is 2.77 bits per heavy atom. The van der Waals surface area contributed by atoms with Gasteiger partial charge in [0.1, 0.15) is 11.6 Å². The fraction of sp³-hybridized carbons (Fsp3) is 0.375. The first-order valence-electron chi connectivity index (χ1n) is 7.28. The fourth-order valence-electron chi connectivity index (χ4n) is 1.95. The number of halogens is 1. The largest absolute Gasteiger partial charge is 0.310 e. The number of hydrogen-bond donors (Lipinski definition) is 1. The molecule has 6 heteroatoms. The predicted octanol–water partition coefficient (Wildman–Crippen LogP) is 4.11. The van der Waals surface area contributed by atoms with Crippen molar-refractivity contribution < 1.29 is 9.18 Å². The first-order chi connectivity index (χ1) is 10.5. The molecule has 1 aromatic heterocycles. The van der Waals surface area contributed by atoms with Crippen molar-refractivity contribution in [1.29, 1.82) is 0 Å². The van der Waals surface area contributed by atoms with E-state index < -0.39 is 5.25 Å². The Kier molecular flexibility index (Phi) is 5.60. The molecule has 0 aliphatic rings. The minimum Gasteiger partial charge on any atom is -0.310 e. The zero-order chi connectivity index (χ0) is 16.1. The van der Waals surface area contributed by atoms with E-state index in [9.17, 15) is 9.18 Å². The molecule has 4 nitrogen and oxygen atoms in total. The number of carbonyl (C=O) groups excluding carboxylic acids is 1. The maximum Gasteiger partial charge on any atom is 0.238 e. The second-order valence-corrected chi connectivity index (χ2v) is 6.48. The molecule has 1 amide bonds. The third kappa shape index (κ3) is 3.88. The topological polar surface area (TPSA) is 46.9 Å². The van der Waals surface area contributed by atoms with Gasteiger partial charge in [-0.2, -0.15) is 5.10 Å². The molecule has 0 radical (unpaired) electrons. The van der Waals surface area contributed by atoms with Crippen LogP contribution in [0.3, 0.4) is 0 Å². The monoisotopic (exact) mass is 321 g/mol. The summed E-state index contributed by atoms with van der Waals surface area (Å²) in [5, 5.41) is 6.69. The molecule has 1 N–H and O–H groups in total. The normalized spacial score (nSPS) is 13.6. The lowest BCUT2D eigenvalue weighted by Crippen LogP contribution is -2.24. The molecular weight excluding hydrogens is 301 g/mol. The zero-order valence-corrected chi connectivity index (χ0v) is 13.7. The van der Waals surface area contributed by atoms with Gasteiger partial charge in [0.25, 0.3) is 0 Å². The summed E-state index contributed by atoms with van der Waals surface area (Å²) >= 11 is 1.20. The van der Waals surface area contributed by atoms with Crippen LogP contribution >= 0.6 is 11.8 Å². The van der Waals surface area contributed by atoms with Crippen molar-refractivity contribution >= 4 is 23.5 Å². The first-order valence-corrected chi connectivity index (χ1v) is 8.16. The minimum absolute atomic E-state index is 0.168. The summed E-state index contributed by atoms with van der Waals surface area (Å²) in [4.78, 5) is 12.8. The second kappa shape index (κ2) is 7.45. The van der Waals surface area contributed by atoms with Gasteiger partial charge in [-0.1, -0.05) is 19.1 Å². The Labute approximate surface area is 134 Å². The van der Waals surface area contributed by atoms with Gasteiger partial charge in [0.15, 0.2) is 0 Å². The summed E-state index contributed by atoms with van der Waals surface area (Å²) in [5.74, 6) is 0.190. The molecule has 0 aliphatic carbocycles. The molecule has 0 fully saturated rings. The molecule has 0 spiro atoms. The van der Waals surface area contributed by atoms with E-state index in [0.29, 0.717) is 10.7 Å². The van der Waals surface area contributed by atoms with Crippen LogP contribution in [0.1, 0.15) is 33.2 Å². The van der Waals surface area contributed by atoms with Crippen molar-refractivity contribution in [2.75, 3.05) is 5.32 Å². The summed E-state index contributed by atoms with van der Waals surface area (Å²) in [5.41, 5.74) is 0. The third-order valence-corrected chi connectivity index (χ3v) is 4.59. The van der Waals surface area contributed by atoms with Crippen LogP contribution in [0.4, 0.5) is 10.2 Å². The maximum atomic E-state index is 13.6. The number of rotatable bonds is 6. The average molecular weight is 321 g/mol. The number of nitrogens with zero attached hydrogens (tertiary/aromatic N) is 2. The van der Waals surface area contributed by atoms with Gasteiger partial charge in [-0.25, -0.2) is 9.07 Å². The van der Waals surface area contributed by atoms with E-state index in [1.807, 2.05) is 6.92 Å². The smallest absolute Gasteiger partial charge is 0.238 e. The minimum atomic E-state index is -0.405. The van der Waals surface area contributed by atoms with Crippen molar-refractivity contribution in [1.82, 2.24) is 9.78 Å². The zero-order valence-electron chi connectivity index (χ0n) is 12.9. The van der Waals surface area contributed by atoms with Gasteiger partial charge in [-0.3, -0.25) is 4.79 Å². The van der Waals surface area contributed by atoms with Crippen LogP contribution < -0.4 is 5.32 Å². The Bertz CT molecular complexity index is 644. The number of nitrogens with one attached hydrogen (secondary N) is 1. The molecule has 0 unspecified atom stereocenters. The van der Waals surface area contributed by atoms with Crippen molar-refractivity contribution in [2.24, 2.45) is 0 Å². The lowest BCUT2D eigenvalue weighted by Gasteiger charge is -2.16. The maximum absolute atomic E-state index is 13.6. The van der Waals surface area contributed by atoms with E-state index in [4.69, 9.17) is 0 Å². The summed E-state index contributed by atoms with van der Waals surface area (Å²) in [6.45, 7) is 5.87. The molecule has 0 saturated carbocycles. The quantitative estimate of drug-likeness (QED) is 0.814. The lowest BCUT2D eigenvalue weighted by molar-refractivity contribution is -0.115. The molecule has 2 rings (SSSR count). The van der Waals surface area contributed by atoms with E-state index in [1.165, 1.54) is 17.8 Å². The Hall–Kier alpha value is -1.82. The predicted molar refractivity (Wildman–Crippen MR) is 87.6 cm³/mol. The molecule has 0 saturated heterocycles. The van der Waals surface area contributed by atoms with Gasteiger partial charge < -0.3 is 5.32 Å². The fourth-order valence-corrected chi connectivity index (χ4v) is 2.83. The van der Waals surface area contributed by atoms with Crippen molar-refractivity contribution in [3.63, 3.8) is 0 Å². The van der Waals surface area contributed by atoms with Crippen LogP contribution in [0.5, 0.6) is 0 Å². The van der Waals surface area contributed by atoms with Crippen LogP contribution in [0.2, 0.25) is 0 Å². The molecule has 118 valence electrons. The van der Waals surface area contributed by atoms with Crippen LogP contribution in [0.25, 0.3) is 0 Å². The highest BCUT2D eigenvalue weighted by Crippen LogP contribution is 2.27. The van der Waals surface area contributed by atoms with Gasteiger partial charge in [-0.15, -0.1) is 11.8 Å². The lowest BCUT2D eigenvalue weighted by atomic mass is 10.3. The highest BCUT2D eigenvalue weighted by atomic mass is 32.2. The number of hydrogen-bond acceptors (Lipinski definition) is 3. The van der Waals surface area contributed by atoms with Crippen molar-refractivity contribution in [3.05, 3.63) is 42.3 Å². The first kappa shape index (κ1) is 16.5. The van der Waals surface area contributed by atoms with E-state index in [2.05, 4.69) is 17.3 Å². The van der Waals surface area contributed by atoms with Crippen LogP contribution in [-0.4, -0.2) is 20.9 Å². The third-order valence-electron chi connectivity index (χ3n) is 3.44. The molecule has 2 aromatic rings. The Morgan fingerprint density at radius 1 is 1.36 bits per heavy atom. The van der Waals surface area contributed by atoms with E-state index >= 15 is 0 Å². The van der Waals surface area contributed by atoms with E-state index in [-0.39, 0.29) is 17.8 Å². The number of benzene rings is 1. The molecule has 1 heterocycles. The summed E-state index contributed by atoms with van der Waals surface area (Å²) in [6.07, 6.45) is 2.58. The number of amides is 1. The van der Waals surface area contributed by atoms with E-state index in [1.54, 1.807) is 42.1 Å². The Balaban J connectivity index is 2.03. The molecule has 2 atom stereocenters. The average Bonchev–Trinajstić information content (AvgIpc) is 2.96. The molecule has 0 aliphatic heterocycles. The van der Waals surface area contributed by atoms with Gasteiger partial charge >= 0.3 is 0 Å². The highest BCUT2D eigenvalue weighted by molar-refractivity contribution is 8.00. The second-order valence-electron chi connectivity index (χ2n) is 5.10. The summed E-state index contributed by atoms with van der Waals surface area (Å²) in [6, 6.07) is 8.44. The van der Waals surface area contributed by atoms with Gasteiger partial charge in [0.2, 0.25) is 5.91 Å². The Morgan fingerprint density at radius 2 is 2.09 bits per heavy atom. The summed E-state index contributed by atoms with van der Waals surface area (Å²) < 4.78 is 15.4. The number of carbonyl (C=O) groups is 1. The van der Waals surface area contributed by atoms with Gasteiger partial charge in [0, 0.05) is 11.0 Å². The standard InChI is InChI=1S/C16H20FN3OS/c1-4-11(2)20-15(9-10-18-20)19-16(21)12(3)22-14-8-6-5-7-13(14)17/h5-12H,4H2,1-3H3,(H,19,21)/t11-,12+/m0/s1. The van der Waals surface area contributed by atoms with Gasteiger partial charge in [0.05, 0.1) is 17.5 Å². The molecule has 0 bridgehead atoms. The number of anilines is 1. The SMILES string of the molecule is CC[C@H](C)n1nccc1NC(=O)[C@@H](C)Sc1ccccc1F. The van der Waals surface area contributed by atoms with Gasteiger partial charge in [-0.05, 0) is 32.4 Å².